The third-order valence-corrected chi connectivity index (χ3v) is 2.93. The Labute approximate surface area is 112 Å². The smallest absolute Gasteiger partial charge is 0.414 e. The van der Waals surface area contributed by atoms with Crippen LogP contribution in [-0.2, 0) is 9.53 Å². The monoisotopic (exact) mass is 263 g/mol. The van der Waals surface area contributed by atoms with Gasteiger partial charge in [-0.15, -0.1) is 0 Å². The fourth-order valence-corrected chi connectivity index (χ4v) is 1.96. The van der Waals surface area contributed by atoms with Crippen LogP contribution in [-0.4, -0.2) is 48.2 Å². The number of hydrazine groups is 1. The van der Waals surface area contributed by atoms with Crippen molar-refractivity contribution in [2.75, 3.05) is 20.2 Å². The molecule has 2 aliphatic rings. The van der Waals surface area contributed by atoms with E-state index in [0.717, 1.165) is 13.0 Å². The molecule has 6 heteroatoms. The lowest BCUT2D eigenvalue weighted by molar-refractivity contribution is -0.128. The van der Waals surface area contributed by atoms with Crippen molar-refractivity contribution < 1.29 is 14.3 Å². The summed E-state index contributed by atoms with van der Waals surface area (Å²) >= 11 is 0. The van der Waals surface area contributed by atoms with Crippen LogP contribution in [0.2, 0.25) is 0 Å². The minimum atomic E-state index is -0.677. The molecule has 1 N–H and O–H groups in total. The molecule has 0 saturated carbocycles. The molecule has 6 nitrogen and oxygen atoms in total. The van der Waals surface area contributed by atoms with Gasteiger partial charge in [0.1, 0.15) is 6.04 Å². The highest BCUT2D eigenvalue weighted by atomic mass is 16.5. The molecule has 1 atom stereocenters. The fraction of sp³-hybridized carbons (Fsp3) is 0.385. The molecule has 102 valence electrons. The molecule has 2 amide bonds. The van der Waals surface area contributed by atoms with Gasteiger partial charge in [-0.25, -0.2) is 9.80 Å². The highest BCUT2D eigenvalue weighted by molar-refractivity contribution is 5.88. The molecule has 19 heavy (non-hydrogen) atoms. The number of hydrogen-bond acceptors (Lipinski definition) is 4. The molecule has 0 saturated heterocycles. The van der Waals surface area contributed by atoms with E-state index < -0.39 is 12.1 Å². The van der Waals surface area contributed by atoms with E-state index in [9.17, 15) is 9.59 Å². The van der Waals surface area contributed by atoms with Crippen molar-refractivity contribution in [3.63, 3.8) is 0 Å². The van der Waals surface area contributed by atoms with Gasteiger partial charge in [0.25, 0.3) is 5.91 Å². The summed E-state index contributed by atoms with van der Waals surface area (Å²) in [6.07, 6.45) is 11.0. The van der Waals surface area contributed by atoms with E-state index in [1.807, 2.05) is 11.1 Å². The zero-order valence-electron chi connectivity index (χ0n) is 10.8. The summed E-state index contributed by atoms with van der Waals surface area (Å²) in [4.78, 5) is 25.0. The van der Waals surface area contributed by atoms with E-state index >= 15 is 0 Å². The number of ether oxygens (including phenoxy) is 1. The van der Waals surface area contributed by atoms with Crippen molar-refractivity contribution in [1.29, 1.82) is 0 Å². The summed E-state index contributed by atoms with van der Waals surface area (Å²) in [7, 11) is 1.29. The van der Waals surface area contributed by atoms with Gasteiger partial charge < -0.3 is 4.74 Å². The zero-order valence-corrected chi connectivity index (χ0v) is 10.8. The number of methoxy groups -OCH3 is 1. The fourth-order valence-electron chi connectivity index (χ4n) is 1.96. The molecule has 0 radical (unpaired) electrons. The Kier molecular flexibility index (Phi) is 4.35. The second-order valence-electron chi connectivity index (χ2n) is 4.23. The Hall–Kier alpha value is -2.08. The van der Waals surface area contributed by atoms with Crippen LogP contribution in [0.15, 0.2) is 36.6 Å². The highest BCUT2D eigenvalue weighted by Gasteiger charge is 2.29. The predicted molar refractivity (Wildman–Crippen MR) is 69.8 cm³/mol. The summed E-state index contributed by atoms with van der Waals surface area (Å²) in [5, 5.41) is 1.82. The van der Waals surface area contributed by atoms with Gasteiger partial charge in [-0.2, -0.15) is 0 Å². The summed E-state index contributed by atoms with van der Waals surface area (Å²) in [5.41, 5.74) is 2.81. The average molecular weight is 263 g/mol. The Morgan fingerprint density at radius 3 is 2.84 bits per heavy atom. The van der Waals surface area contributed by atoms with Crippen LogP contribution in [0.25, 0.3) is 0 Å². The zero-order chi connectivity index (χ0) is 13.7. The van der Waals surface area contributed by atoms with Crippen molar-refractivity contribution in [1.82, 2.24) is 15.3 Å². The van der Waals surface area contributed by atoms with Crippen molar-refractivity contribution in [3.05, 3.63) is 36.6 Å². The molecule has 2 heterocycles. The molecule has 0 aliphatic carbocycles. The number of hydrogen-bond donors (Lipinski definition) is 1. The number of allylic oxidation sites excluding steroid dienone is 2. The molecule has 0 aromatic heterocycles. The first-order chi connectivity index (χ1) is 9.22. The maximum absolute atomic E-state index is 12.2. The van der Waals surface area contributed by atoms with Gasteiger partial charge in [0.2, 0.25) is 0 Å². The maximum atomic E-state index is 12.2. The topological polar surface area (TPSA) is 61.9 Å². The standard InChI is InChI=1S/C13H17N3O3/c1-19-13(18)16-10-6-3-7-11(16)12(17)14-15-8-4-2-5-9-15/h2-4,6-7,10-11H,5,8-9H2,1H3,(H,14,17). The molecule has 0 aromatic carbocycles. The average Bonchev–Trinajstić information content (AvgIpc) is 2.47. The van der Waals surface area contributed by atoms with E-state index in [-0.39, 0.29) is 5.91 Å². The number of amides is 2. The van der Waals surface area contributed by atoms with Crippen LogP contribution in [0.5, 0.6) is 0 Å². The Morgan fingerprint density at radius 1 is 1.32 bits per heavy atom. The minimum absolute atomic E-state index is 0.249. The number of nitrogens with one attached hydrogen (secondary N) is 1. The minimum Gasteiger partial charge on any atom is -0.452 e. The largest absolute Gasteiger partial charge is 0.452 e. The maximum Gasteiger partial charge on any atom is 0.414 e. The van der Waals surface area contributed by atoms with Crippen LogP contribution in [0.3, 0.4) is 0 Å². The van der Waals surface area contributed by atoms with Gasteiger partial charge in [0.15, 0.2) is 0 Å². The highest BCUT2D eigenvalue weighted by Crippen LogP contribution is 2.11. The van der Waals surface area contributed by atoms with Crippen LogP contribution in [0.1, 0.15) is 6.42 Å². The molecular formula is C13H17N3O3. The van der Waals surface area contributed by atoms with Gasteiger partial charge in [0, 0.05) is 19.3 Å². The van der Waals surface area contributed by atoms with E-state index in [4.69, 9.17) is 0 Å². The lowest BCUT2D eigenvalue weighted by Gasteiger charge is -2.30. The second-order valence-corrected chi connectivity index (χ2v) is 4.23. The molecule has 0 aromatic rings. The molecule has 2 rings (SSSR count). The number of carbonyl (C=O) groups is 2. The number of rotatable bonds is 2. The number of carbonyl (C=O) groups excluding carboxylic acids is 2. The van der Waals surface area contributed by atoms with Gasteiger partial charge in [0.05, 0.1) is 7.11 Å². The Bertz CT molecular complexity index is 442. The number of nitrogens with zero attached hydrogens (tertiary/aromatic N) is 2. The second kappa shape index (κ2) is 6.19. The summed E-state index contributed by atoms with van der Waals surface area (Å²) in [6, 6.07) is -0.677. The summed E-state index contributed by atoms with van der Waals surface area (Å²) in [6.45, 7) is 1.45. The third kappa shape index (κ3) is 3.23. The van der Waals surface area contributed by atoms with Crippen molar-refractivity contribution >= 4 is 12.0 Å². The van der Waals surface area contributed by atoms with Gasteiger partial charge in [-0.05, 0) is 12.5 Å². The van der Waals surface area contributed by atoms with Crippen LogP contribution in [0, 0.1) is 0 Å². The van der Waals surface area contributed by atoms with E-state index in [1.165, 1.54) is 18.2 Å². The Balaban J connectivity index is 2.00. The molecule has 1 unspecified atom stereocenters. The van der Waals surface area contributed by atoms with Gasteiger partial charge in [-0.3, -0.25) is 15.1 Å². The van der Waals surface area contributed by atoms with Crippen molar-refractivity contribution in [2.45, 2.75) is 12.5 Å². The van der Waals surface area contributed by atoms with Gasteiger partial charge >= 0.3 is 6.09 Å². The molecule has 0 spiro atoms. The van der Waals surface area contributed by atoms with Crippen molar-refractivity contribution in [2.24, 2.45) is 0 Å². The van der Waals surface area contributed by atoms with Crippen LogP contribution >= 0.6 is 0 Å². The third-order valence-electron chi connectivity index (χ3n) is 2.93. The normalized spacial score (nSPS) is 22.4. The molecular weight excluding hydrogens is 246 g/mol. The Morgan fingerprint density at radius 2 is 2.16 bits per heavy atom. The van der Waals surface area contributed by atoms with E-state index in [1.54, 1.807) is 18.2 Å². The molecule has 0 fully saturated rings. The van der Waals surface area contributed by atoms with E-state index in [0.29, 0.717) is 6.54 Å². The summed E-state index contributed by atoms with van der Waals surface area (Å²) in [5.74, 6) is -0.249. The SMILES string of the molecule is COC(=O)N1C=CC=CC1C(=O)NN1CC=CCC1. The van der Waals surface area contributed by atoms with Crippen LogP contribution in [0.4, 0.5) is 4.79 Å². The van der Waals surface area contributed by atoms with Crippen molar-refractivity contribution in [3.8, 4) is 0 Å². The predicted octanol–water partition coefficient (Wildman–Crippen LogP) is 0.800. The van der Waals surface area contributed by atoms with Crippen LogP contribution < -0.4 is 5.43 Å². The van der Waals surface area contributed by atoms with Gasteiger partial charge in [-0.1, -0.05) is 24.3 Å². The summed E-state index contributed by atoms with van der Waals surface area (Å²) < 4.78 is 4.66. The lowest BCUT2D eigenvalue weighted by Crippen LogP contribution is -2.53. The molecule has 0 bridgehead atoms. The first-order valence-electron chi connectivity index (χ1n) is 6.14. The first-order valence-corrected chi connectivity index (χ1v) is 6.14. The quantitative estimate of drug-likeness (QED) is 0.749. The first kappa shape index (κ1) is 13.4. The lowest BCUT2D eigenvalue weighted by atomic mass is 10.2. The van der Waals surface area contributed by atoms with E-state index in [2.05, 4.69) is 16.2 Å². The molecule has 2 aliphatic heterocycles.